The van der Waals surface area contributed by atoms with Crippen LogP contribution < -0.4 is 10.2 Å². The van der Waals surface area contributed by atoms with Crippen molar-refractivity contribution in [3.63, 3.8) is 0 Å². The summed E-state index contributed by atoms with van der Waals surface area (Å²) in [5, 5.41) is 24.0. The van der Waals surface area contributed by atoms with Gasteiger partial charge >= 0.3 is 0 Å². The van der Waals surface area contributed by atoms with Crippen LogP contribution in [0.25, 0.3) is 0 Å². The van der Waals surface area contributed by atoms with E-state index in [4.69, 9.17) is 16.9 Å². The number of thiophene rings is 1. The number of hydrogen-bond donors (Lipinski definition) is 1. The topological polar surface area (TPSA) is 81.9 Å². The Labute approximate surface area is 192 Å². The lowest BCUT2D eigenvalue weighted by Gasteiger charge is -2.22. The fourth-order valence-electron chi connectivity index (χ4n) is 2.64. The first-order valence-electron chi connectivity index (χ1n) is 9.23. The van der Waals surface area contributed by atoms with Crippen LogP contribution in [0, 0.1) is 18.3 Å². The van der Waals surface area contributed by atoms with E-state index in [1.807, 2.05) is 19.1 Å². The van der Waals surface area contributed by atoms with Crippen LogP contribution in [0.2, 0.25) is 5.02 Å². The minimum atomic E-state index is -0.0839. The monoisotopic (exact) mass is 477 g/mol. The molecule has 0 aliphatic carbocycles. The minimum absolute atomic E-state index is 0.0839. The van der Waals surface area contributed by atoms with Gasteiger partial charge in [0, 0.05) is 28.7 Å². The van der Waals surface area contributed by atoms with Crippen molar-refractivity contribution in [2.24, 2.45) is 0 Å². The number of nitriles is 1. The normalized spacial score (nSPS) is 10.6. The van der Waals surface area contributed by atoms with Crippen LogP contribution in [0.5, 0.6) is 0 Å². The highest BCUT2D eigenvalue weighted by molar-refractivity contribution is 8.01. The van der Waals surface area contributed by atoms with Crippen LogP contribution in [0.4, 0.5) is 10.8 Å². The Hall–Kier alpha value is -2.12. The number of carbonyl (C=O) groups excluding carboxylic acids is 1. The molecular weight excluding hydrogens is 458 g/mol. The van der Waals surface area contributed by atoms with Gasteiger partial charge in [0.15, 0.2) is 4.34 Å². The Morgan fingerprint density at radius 3 is 2.97 bits per heavy atom. The van der Waals surface area contributed by atoms with E-state index >= 15 is 0 Å². The lowest BCUT2D eigenvalue weighted by Crippen LogP contribution is -2.33. The van der Waals surface area contributed by atoms with E-state index in [2.05, 4.69) is 33.0 Å². The van der Waals surface area contributed by atoms with E-state index in [1.165, 1.54) is 28.0 Å². The van der Waals surface area contributed by atoms with Gasteiger partial charge in [-0.15, -0.1) is 21.5 Å². The molecule has 0 saturated heterocycles. The van der Waals surface area contributed by atoms with E-state index in [0.29, 0.717) is 11.6 Å². The maximum atomic E-state index is 12.8. The van der Waals surface area contributed by atoms with Crippen LogP contribution in [0.3, 0.4) is 0 Å². The largest absolute Gasteiger partial charge is 0.360 e. The molecule has 1 aromatic carbocycles. The number of hydrogen-bond acceptors (Lipinski definition) is 8. The molecule has 0 radical (unpaired) electrons. The summed E-state index contributed by atoms with van der Waals surface area (Å²) in [4.78, 5) is 15.8. The van der Waals surface area contributed by atoms with Crippen LogP contribution in [0.15, 0.2) is 40.1 Å². The Bertz CT molecular complexity index is 1020. The minimum Gasteiger partial charge on any atom is -0.360 e. The molecule has 0 atom stereocenters. The third-order valence-electron chi connectivity index (χ3n) is 4.15. The molecule has 0 unspecified atom stereocenters. The first kappa shape index (κ1) is 22.6. The number of carbonyl (C=O) groups is 1. The number of benzene rings is 1. The number of aromatic nitrogens is 2. The van der Waals surface area contributed by atoms with Crippen molar-refractivity contribution in [1.29, 1.82) is 5.26 Å². The first-order valence-corrected chi connectivity index (χ1v) is 12.3. The maximum Gasteiger partial charge on any atom is 0.237 e. The number of halogens is 1. The van der Waals surface area contributed by atoms with Gasteiger partial charge in [0.25, 0.3) is 0 Å². The zero-order valence-corrected chi connectivity index (χ0v) is 19.5. The number of rotatable bonds is 10. The van der Waals surface area contributed by atoms with Crippen molar-refractivity contribution < 1.29 is 4.79 Å². The van der Waals surface area contributed by atoms with Gasteiger partial charge < -0.3 is 10.2 Å². The quantitative estimate of drug-likeness (QED) is 0.401. The number of anilines is 2. The molecule has 0 aliphatic rings. The smallest absolute Gasteiger partial charge is 0.237 e. The predicted molar refractivity (Wildman–Crippen MR) is 126 cm³/mol. The Morgan fingerprint density at radius 1 is 1.37 bits per heavy atom. The highest BCUT2D eigenvalue weighted by Gasteiger charge is 2.18. The summed E-state index contributed by atoms with van der Waals surface area (Å²) >= 11 is 10.6. The molecule has 30 heavy (non-hydrogen) atoms. The van der Waals surface area contributed by atoms with E-state index in [0.717, 1.165) is 33.7 Å². The Balaban J connectivity index is 1.55. The second-order valence-corrected chi connectivity index (χ2v) is 9.94. The third-order valence-corrected chi connectivity index (χ3v) is 7.51. The zero-order valence-electron chi connectivity index (χ0n) is 16.3. The van der Waals surface area contributed by atoms with Gasteiger partial charge in [-0.2, -0.15) is 5.26 Å². The van der Waals surface area contributed by atoms with Crippen LogP contribution in [-0.4, -0.2) is 34.9 Å². The predicted octanol–water partition coefficient (Wildman–Crippen LogP) is 5.26. The number of amides is 1. The SMILES string of the molecule is Cc1cc(N(CCC#N)C(=O)CSc2nnc(NCCc3cccs3)s2)ccc1Cl. The number of nitrogens with zero attached hydrogens (tertiary/aromatic N) is 4. The summed E-state index contributed by atoms with van der Waals surface area (Å²) in [6.45, 7) is 3.01. The van der Waals surface area contributed by atoms with Gasteiger partial charge in [-0.3, -0.25) is 4.79 Å². The molecule has 2 aromatic heterocycles. The molecule has 3 aromatic rings. The number of thioether (sulfide) groups is 1. The van der Waals surface area contributed by atoms with Crippen molar-refractivity contribution in [1.82, 2.24) is 10.2 Å². The summed E-state index contributed by atoms with van der Waals surface area (Å²) < 4.78 is 0.731. The average Bonchev–Trinajstić information content (AvgIpc) is 3.41. The number of nitrogens with one attached hydrogen (secondary N) is 1. The zero-order chi connectivity index (χ0) is 21.3. The lowest BCUT2D eigenvalue weighted by atomic mass is 10.2. The molecule has 0 spiro atoms. The van der Waals surface area contributed by atoms with E-state index in [-0.39, 0.29) is 18.1 Å². The molecule has 0 fully saturated rings. The molecule has 0 aliphatic heterocycles. The summed E-state index contributed by atoms with van der Waals surface area (Å²) in [6, 6.07) is 11.7. The first-order chi connectivity index (χ1) is 14.6. The number of aryl methyl sites for hydroxylation is 1. The summed E-state index contributed by atoms with van der Waals surface area (Å²) in [6.07, 6.45) is 1.20. The van der Waals surface area contributed by atoms with E-state index in [9.17, 15) is 4.79 Å². The van der Waals surface area contributed by atoms with Crippen molar-refractivity contribution in [3.8, 4) is 6.07 Å². The van der Waals surface area contributed by atoms with Crippen LogP contribution in [-0.2, 0) is 11.2 Å². The molecule has 156 valence electrons. The van der Waals surface area contributed by atoms with E-state index < -0.39 is 0 Å². The molecule has 10 heteroatoms. The van der Waals surface area contributed by atoms with Crippen molar-refractivity contribution >= 4 is 62.8 Å². The molecule has 0 saturated carbocycles. The molecular formula is C20H20ClN5OS3. The molecule has 6 nitrogen and oxygen atoms in total. The summed E-state index contributed by atoms with van der Waals surface area (Å²) in [5.41, 5.74) is 1.63. The second kappa shape index (κ2) is 11.3. The van der Waals surface area contributed by atoms with Gasteiger partial charge in [0.05, 0.1) is 18.2 Å². The summed E-state index contributed by atoms with van der Waals surface area (Å²) in [7, 11) is 0. The van der Waals surface area contributed by atoms with Crippen molar-refractivity contribution in [3.05, 3.63) is 51.2 Å². The Kier molecular flexibility index (Phi) is 8.51. The summed E-state index contributed by atoms with van der Waals surface area (Å²) in [5.74, 6) is 0.135. The molecule has 0 bridgehead atoms. The standard InChI is InChI=1S/C20H20ClN5OS3/c1-14-12-15(5-6-17(14)21)26(10-3-8-22)18(27)13-29-20-25-24-19(30-20)23-9-7-16-4-2-11-28-16/h2,4-6,11-12H,3,7,9-10,13H2,1H3,(H,23,24). The highest BCUT2D eigenvalue weighted by Crippen LogP contribution is 2.28. The van der Waals surface area contributed by atoms with E-state index in [1.54, 1.807) is 28.4 Å². The highest BCUT2D eigenvalue weighted by atomic mass is 35.5. The Morgan fingerprint density at radius 2 is 2.23 bits per heavy atom. The van der Waals surface area contributed by atoms with Crippen molar-refractivity contribution in [2.45, 2.75) is 24.1 Å². The van der Waals surface area contributed by atoms with Gasteiger partial charge in [-0.1, -0.05) is 40.8 Å². The molecule has 1 N–H and O–H groups in total. The van der Waals surface area contributed by atoms with Crippen LogP contribution in [0.1, 0.15) is 16.9 Å². The van der Waals surface area contributed by atoms with Gasteiger partial charge in [0.2, 0.25) is 11.0 Å². The van der Waals surface area contributed by atoms with Gasteiger partial charge in [-0.05, 0) is 48.6 Å². The molecule has 3 rings (SSSR count). The lowest BCUT2D eigenvalue weighted by molar-refractivity contribution is -0.116. The van der Waals surface area contributed by atoms with Gasteiger partial charge in [-0.25, -0.2) is 0 Å². The fourth-order valence-corrected chi connectivity index (χ4v) is 5.12. The third kappa shape index (κ3) is 6.44. The molecule has 2 heterocycles. The average molecular weight is 478 g/mol. The van der Waals surface area contributed by atoms with Crippen LogP contribution >= 0.6 is 46.0 Å². The van der Waals surface area contributed by atoms with Crippen molar-refractivity contribution in [2.75, 3.05) is 29.1 Å². The second-order valence-electron chi connectivity index (χ2n) is 6.30. The fraction of sp³-hybridized carbons (Fsp3) is 0.300. The maximum absolute atomic E-state index is 12.8. The molecule has 1 amide bonds. The van der Waals surface area contributed by atoms with Gasteiger partial charge in [0.1, 0.15) is 0 Å².